The highest BCUT2D eigenvalue weighted by Crippen LogP contribution is 2.14. The Labute approximate surface area is 139 Å². The smallest absolute Gasteiger partial charge is 0.326 e. The first-order valence-corrected chi connectivity index (χ1v) is 7.71. The molecule has 2 N–H and O–H groups in total. The number of hydrogen-bond acceptors (Lipinski definition) is 6. The molecule has 0 aliphatic carbocycles. The van der Waals surface area contributed by atoms with Gasteiger partial charge in [0.25, 0.3) is 0 Å². The summed E-state index contributed by atoms with van der Waals surface area (Å²) in [4.78, 5) is 31.2. The summed E-state index contributed by atoms with van der Waals surface area (Å²) < 4.78 is 5.11. The molecule has 2 heterocycles. The van der Waals surface area contributed by atoms with Gasteiger partial charge in [0.1, 0.15) is 6.04 Å². The number of aromatic nitrogens is 3. The lowest BCUT2D eigenvalue weighted by atomic mass is 10.0. The number of carbonyl (C=O) groups is 2. The first-order valence-electron chi connectivity index (χ1n) is 7.71. The minimum Gasteiger partial charge on any atom is -0.480 e. The molecule has 8 heteroatoms. The number of carboxylic acids is 1. The van der Waals surface area contributed by atoms with Crippen molar-refractivity contribution in [2.75, 3.05) is 0 Å². The summed E-state index contributed by atoms with van der Waals surface area (Å²) in [6.07, 6.45) is 3.96. The number of aryl methyl sites for hydroxylation is 1. The largest absolute Gasteiger partial charge is 0.480 e. The van der Waals surface area contributed by atoms with Crippen molar-refractivity contribution in [2.24, 2.45) is 5.92 Å². The van der Waals surface area contributed by atoms with Crippen LogP contribution in [0.2, 0.25) is 0 Å². The monoisotopic (exact) mass is 332 g/mol. The van der Waals surface area contributed by atoms with E-state index in [1.54, 1.807) is 24.5 Å². The van der Waals surface area contributed by atoms with E-state index in [0.29, 0.717) is 18.1 Å². The van der Waals surface area contributed by atoms with Gasteiger partial charge in [0, 0.05) is 30.8 Å². The SMILES string of the molecule is CC(C)C[C@H](NC(=O)CCc1nc(-c2ccncc2)no1)C(=O)O. The van der Waals surface area contributed by atoms with Crippen molar-refractivity contribution in [3.63, 3.8) is 0 Å². The summed E-state index contributed by atoms with van der Waals surface area (Å²) in [5, 5.41) is 15.5. The Morgan fingerprint density at radius 3 is 2.62 bits per heavy atom. The molecule has 128 valence electrons. The second-order valence-corrected chi connectivity index (χ2v) is 5.84. The number of amides is 1. The number of carboxylic acid groups (broad SMARTS) is 1. The Morgan fingerprint density at radius 1 is 1.29 bits per heavy atom. The van der Waals surface area contributed by atoms with E-state index < -0.39 is 12.0 Å². The maximum atomic E-state index is 11.9. The number of nitrogens with zero attached hydrogens (tertiary/aromatic N) is 3. The predicted molar refractivity (Wildman–Crippen MR) is 84.9 cm³/mol. The average Bonchev–Trinajstić information content (AvgIpc) is 3.01. The van der Waals surface area contributed by atoms with E-state index >= 15 is 0 Å². The molecule has 0 spiro atoms. The third kappa shape index (κ3) is 5.15. The van der Waals surface area contributed by atoms with Crippen molar-refractivity contribution < 1.29 is 19.2 Å². The molecule has 24 heavy (non-hydrogen) atoms. The molecule has 2 aromatic rings. The highest BCUT2D eigenvalue weighted by molar-refractivity contribution is 5.83. The minimum absolute atomic E-state index is 0.0832. The Kier molecular flexibility index (Phi) is 6.00. The van der Waals surface area contributed by atoms with Crippen molar-refractivity contribution in [2.45, 2.75) is 39.2 Å². The van der Waals surface area contributed by atoms with Crippen LogP contribution in [0.25, 0.3) is 11.4 Å². The van der Waals surface area contributed by atoms with Gasteiger partial charge in [0.15, 0.2) is 0 Å². The zero-order chi connectivity index (χ0) is 17.5. The number of aliphatic carboxylic acids is 1. The van der Waals surface area contributed by atoms with Crippen molar-refractivity contribution in [3.05, 3.63) is 30.4 Å². The molecule has 1 atom stereocenters. The van der Waals surface area contributed by atoms with Crippen LogP contribution in [0.1, 0.15) is 32.6 Å². The molecule has 1 amide bonds. The fourth-order valence-electron chi connectivity index (χ4n) is 2.15. The van der Waals surface area contributed by atoms with Crippen LogP contribution in [0.3, 0.4) is 0 Å². The van der Waals surface area contributed by atoms with Crippen LogP contribution in [-0.2, 0) is 16.0 Å². The zero-order valence-corrected chi connectivity index (χ0v) is 13.6. The summed E-state index contributed by atoms with van der Waals surface area (Å²) in [7, 11) is 0. The standard InChI is InChI=1S/C16H20N4O4/c1-10(2)9-12(16(22)23)18-13(21)3-4-14-19-15(20-24-14)11-5-7-17-8-6-11/h5-8,10,12H,3-4,9H2,1-2H3,(H,18,21)(H,22,23)/t12-/m0/s1. The van der Waals surface area contributed by atoms with Gasteiger partial charge in [-0.2, -0.15) is 4.98 Å². The number of rotatable bonds is 8. The third-order valence-corrected chi connectivity index (χ3v) is 3.31. The number of hydrogen-bond donors (Lipinski definition) is 2. The predicted octanol–water partition coefficient (Wildman–Crippen LogP) is 1.68. The number of pyridine rings is 1. The molecule has 0 aliphatic heterocycles. The zero-order valence-electron chi connectivity index (χ0n) is 13.6. The van der Waals surface area contributed by atoms with E-state index in [1.165, 1.54) is 0 Å². The van der Waals surface area contributed by atoms with E-state index in [4.69, 9.17) is 9.63 Å². The number of carbonyl (C=O) groups excluding carboxylic acids is 1. The highest BCUT2D eigenvalue weighted by Gasteiger charge is 2.21. The fourth-order valence-corrected chi connectivity index (χ4v) is 2.15. The van der Waals surface area contributed by atoms with Crippen LogP contribution in [0.15, 0.2) is 29.0 Å². The first-order chi connectivity index (χ1) is 11.5. The van der Waals surface area contributed by atoms with Gasteiger partial charge in [-0.25, -0.2) is 4.79 Å². The molecule has 2 aromatic heterocycles. The van der Waals surface area contributed by atoms with Crippen molar-refractivity contribution >= 4 is 11.9 Å². The van der Waals surface area contributed by atoms with Crippen molar-refractivity contribution in [3.8, 4) is 11.4 Å². The van der Waals surface area contributed by atoms with Crippen LogP contribution in [0.5, 0.6) is 0 Å². The molecule has 2 rings (SSSR count). The molecular formula is C16H20N4O4. The van der Waals surface area contributed by atoms with Crippen LogP contribution < -0.4 is 5.32 Å². The van der Waals surface area contributed by atoms with Gasteiger partial charge in [0.05, 0.1) is 0 Å². The summed E-state index contributed by atoms with van der Waals surface area (Å²) in [6.45, 7) is 3.81. The maximum absolute atomic E-state index is 11.9. The van der Waals surface area contributed by atoms with E-state index in [-0.39, 0.29) is 24.7 Å². The lowest BCUT2D eigenvalue weighted by molar-refractivity contribution is -0.142. The summed E-state index contributed by atoms with van der Waals surface area (Å²) in [5.41, 5.74) is 0.771. The lowest BCUT2D eigenvalue weighted by Crippen LogP contribution is -2.41. The highest BCUT2D eigenvalue weighted by atomic mass is 16.5. The van der Waals surface area contributed by atoms with Crippen LogP contribution in [-0.4, -0.2) is 38.1 Å². The van der Waals surface area contributed by atoms with Gasteiger partial charge >= 0.3 is 5.97 Å². The normalized spacial score (nSPS) is 12.1. The van der Waals surface area contributed by atoms with Crippen molar-refractivity contribution in [1.82, 2.24) is 20.4 Å². The van der Waals surface area contributed by atoms with Gasteiger partial charge in [0.2, 0.25) is 17.6 Å². The summed E-state index contributed by atoms with van der Waals surface area (Å²) >= 11 is 0. The molecular weight excluding hydrogens is 312 g/mol. The molecule has 8 nitrogen and oxygen atoms in total. The average molecular weight is 332 g/mol. The van der Waals surface area contributed by atoms with Gasteiger partial charge in [-0.05, 0) is 24.5 Å². The van der Waals surface area contributed by atoms with Gasteiger partial charge < -0.3 is 14.9 Å². The molecule has 0 fully saturated rings. The Balaban J connectivity index is 1.88. The quantitative estimate of drug-likeness (QED) is 0.755. The molecule has 0 aliphatic rings. The minimum atomic E-state index is -1.03. The van der Waals surface area contributed by atoms with Gasteiger partial charge in [-0.3, -0.25) is 9.78 Å². The van der Waals surface area contributed by atoms with E-state index in [0.717, 1.165) is 5.56 Å². The summed E-state index contributed by atoms with van der Waals surface area (Å²) in [5.74, 6) is -0.462. The van der Waals surface area contributed by atoms with Crippen LogP contribution in [0, 0.1) is 5.92 Å². The second kappa shape index (κ2) is 8.19. The van der Waals surface area contributed by atoms with E-state index in [2.05, 4.69) is 20.4 Å². The Bertz CT molecular complexity index is 684. The van der Waals surface area contributed by atoms with Gasteiger partial charge in [-0.1, -0.05) is 19.0 Å². The molecule has 0 saturated heterocycles. The first kappa shape index (κ1) is 17.6. The van der Waals surface area contributed by atoms with E-state index in [1.807, 2.05) is 13.8 Å². The van der Waals surface area contributed by atoms with Crippen LogP contribution in [0.4, 0.5) is 0 Å². The molecule has 0 radical (unpaired) electrons. The Hall–Kier alpha value is -2.77. The summed E-state index contributed by atoms with van der Waals surface area (Å²) in [6, 6.07) is 2.63. The lowest BCUT2D eigenvalue weighted by Gasteiger charge is -2.16. The van der Waals surface area contributed by atoms with E-state index in [9.17, 15) is 9.59 Å². The molecule has 0 saturated carbocycles. The molecule has 0 unspecified atom stereocenters. The fraction of sp³-hybridized carbons (Fsp3) is 0.438. The second-order valence-electron chi connectivity index (χ2n) is 5.84. The molecule has 0 bridgehead atoms. The topological polar surface area (TPSA) is 118 Å². The maximum Gasteiger partial charge on any atom is 0.326 e. The van der Waals surface area contributed by atoms with Crippen LogP contribution >= 0.6 is 0 Å². The number of nitrogens with one attached hydrogen (secondary N) is 1. The van der Waals surface area contributed by atoms with Crippen molar-refractivity contribution in [1.29, 1.82) is 0 Å². The van der Waals surface area contributed by atoms with Gasteiger partial charge in [-0.15, -0.1) is 0 Å². The Morgan fingerprint density at radius 2 is 2.00 bits per heavy atom. The third-order valence-electron chi connectivity index (χ3n) is 3.31. The molecule has 0 aromatic carbocycles.